The Morgan fingerprint density at radius 2 is 1.52 bits per heavy atom. The molecule has 0 heterocycles. The molecule has 6 heteroatoms. The van der Waals surface area contributed by atoms with Gasteiger partial charge in [-0.15, -0.1) is 0 Å². The summed E-state index contributed by atoms with van der Waals surface area (Å²) in [4.78, 5) is 42.2. The number of benzene rings is 2. The summed E-state index contributed by atoms with van der Waals surface area (Å²) in [7, 11) is 0. The smallest absolute Gasteiger partial charge is 0.211 e. The van der Waals surface area contributed by atoms with Gasteiger partial charge in [-0.25, -0.2) is 14.4 Å². The summed E-state index contributed by atoms with van der Waals surface area (Å²) in [5.41, 5.74) is 3.80. The standard InChI is InChI=1S/C17H11N3O3/c1-12-13(3-2-4-16(12)19-10-22)7-14-5-6-15(18-9-21)8-17(14)20-11-23/h2-6,8H,7H2,1H3. The number of hydrogen-bond acceptors (Lipinski definition) is 6. The Balaban J connectivity index is 2.48. The number of carbonyl (C=O) groups excluding carboxylic acids is 3. The first kappa shape index (κ1) is 16.0. The van der Waals surface area contributed by atoms with E-state index >= 15 is 0 Å². The summed E-state index contributed by atoms with van der Waals surface area (Å²) in [5, 5.41) is 0. The van der Waals surface area contributed by atoms with Crippen LogP contribution in [0.5, 0.6) is 0 Å². The number of hydrogen-bond donors (Lipinski definition) is 0. The molecule has 23 heavy (non-hydrogen) atoms. The number of nitrogens with zero attached hydrogens (tertiary/aromatic N) is 3. The van der Waals surface area contributed by atoms with Gasteiger partial charge in [0.1, 0.15) is 0 Å². The topological polar surface area (TPSA) is 88.3 Å². The largest absolute Gasteiger partial charge is 0.240 e. The van der Waals surface area contributed by atoms with Crippen LogP contribution in [0.3, 0.4) is 0 Å². The van der Waals surface area contributed by atoms with Crippen molar-refractivity contribution in [3.05, 3.63) is 53.1 Å². The minimum atomic E-state index is 0.355. The molecule has 0 amide bonds. The molecule has 0 atom stereocenters. The molecule has 0 aliphatic rings. The van der Waals surface area contributed by atoms with Crippen molar-refractivity contribution in [2.24, 2.45) is 15.0 Å². The van der Waals surface area contributed by atoms with Crippen molar-refractivity contribution in [2.45, 2.75) is 13.3 Å². The molecule has 2 aromatic carbocycles. The second-order valence-corrected chi connectivity index (χ2v) is 4.66. The van der Waals surface area contributed by atoms with Crippen molar-refractivity contribution in [3.63, 3.8) is 0 Å². The van der Waals surface area contributed by atoms with Crippen LogP contribution in [0, 0.1) is 6.92 Å². The van der Waals surface area contributed by atoms with Crippen molar-refractivity contribution < 1.29 is 14.4 Å². The fourth-order valence-corrected chi connectivity index (χ4v) is 2.21. The van der Waals surface area contributed by atoms with E-state index in [0.717, 1.165) is 16.7 Å². The first-order valence-corrected chi connectivity index (χ1v) is 6.64. The molecule has 0 fully saturated rings. The molecule has 0 unspecified atom stereocenters. The minimum Gasteiger partial charge on any atom is -0.211 e. The highest BCUT2D eigenvalue weighted by atomic mass is 16.1. The lowest BCUT2D eigenvalue weighted by Crippen LogP contribution is -1.93. The number of rotatable bonds is 5. The van der Waals surface area contributed by atoms with Crippen LogP contribution in [-0.2, 0) is 20.8 Å². The minimum absolute atomic E-state index is 0.355. The first-order valence-electron chi connectivity index (χ1n) is 6.64. The highest BCUT2D eigenvalue weighted by Crippen LogP contribution is 2.30. The van der Waals surface area contributed by atoms with Crippen LogP contribution in [0.4, 0.5) is 17.1 Å². The van der Waals surface area contributed by atoms with Crippen molar-refractivity contribution in [3.8, 4) is 0 Å². The Labute approximate surface area is 131 Å². The Kier molecular flexibility index (Phi) is 5.24. The van der Waals surface area contributed by atoms with Crippen LogP contribution < -0.4 is 0 Å². The van der Waals surface area contributed by atoms with E-state index in [-0.39, 0.29) is 0 Å². The average molecular weight is 305 g/mol. The summed E-state index contributed by atoms with van der Waals surface area (Å²) in [6.45, 7) is 1.85. The maximum Gasteiger partial charge on any atom is 0.240 e. The molecular formula is C17H11N3O3. The van der Waals surface area contributed by atoms with Crippen LogP contribution in [0.25, 0.3) is 0 Å². The maximum absolute atomic E-state index is 10.6. The van der Waals surface area contributed by atoms with Crippen molar-refractivity contribution in [1.29, 1.82) is 0 Å². The zero-order valence-electron chi connectivity index (χ0n) is 12.2. The molecule has 2 aromatic rings. The molecule has 112 valence electrons. The predicted octanol–water partition coefficient (Wildman–Crippen LogP) is 3.49. The van der Waals surface area contributed by atoms with Gasteiger partial charge in [-0.3, -0.25) is 0 Å². The zero-order valence-corrected chi connectivity index (χ0v) is 12.2. The third-order valence-electron chi connectivity index (χ3n) is 3.37. The molecule has 0 saturated carbocycles. The maximum atomic E-state index is 10.6. The lowest BCUT2D eigenvalue weighted by molar-refractivity contribution is 0.564. The second kappa shape index (κ2) is 7.55. The van der Waals surface area contributed by atoms with E-state index in [1.165, 1.54) is 24.3 Å². The summed E-state index contributed by atoms with van der Waals surface area (Å²) in [6.07, 6.45) is 4.93. The molecular weight excluding hydrogens is 294 g/mol. The SMILES string of the molecule is Cc1c(Cc2ccc(N=C=O)cc2N=C=O)cccc1N=C=O. The van der Waals surface area contributed by atoms with E-state index in [0.29, 0.717) is 23.5 Å². The third-order valence-corrected chi connectivity index (χ3v) is 3.37. The highest BCUT2D eigenvalue weighted by molar-refractivity contribution is 5.64. The normalized spacial score (nSPS) is 9.26. The zero-order chi connectivity index (χ0) is 16.7. The van der Waals surface area contributed by atoms with Gasteiger partial charge in [0.05, 0.1) is 17.1 Å². The molecule has 2 rings (SSSR count). The van der Waals surface area contributed by atoms with Gasteiger partial charge >= 0.3 is 0 Å². The molecule has 0 aliphatic heterocycles. The van der Waals surface area contributed by atoms with Crippen molar-refractivity contribution in [1.82, 2.24) is 0 Å². The van der Waals surface area contributed by atoms with Crippen LogP contribution in [-0.4, -0.2) is 18.2 Å². The number of aliphatic imine (C=N–C) groups is 3. The van der Waals surface area contributed by atoms with Crippen LogP contribution >= 0.6 is 0 Å². The average Bonchev–Trinajstić information content (AvgIpc) is 2.54. The van der Waals surface area contributed by atoms with Gasteiger partial charge in [0.25, 0.3) is 0 Å². The van der Waals surface area contributed by atoms with Crippen LogP contribution in [0.2, 0.25) is 0 Å². The predicted molar refractivity (Wildman–Crippen MR) is 83.8 cm³/mol. The summed E-state index contributed by atoms with van der Waals surface area (Å²) >= 11 is 0. The highest BCUT2D eigenvalue weighted by Gasteiger charge is 2.09. The van der Waals surface area contributed by atoms with E-state index in [4.69, 9.17) is 0 Å². The lowest BCUT2D eigenvalue weighted by Gasteiger charge is -2.09. The molecule has 0 N–H and O–H groups in total. The van der Waals surface area contributed by atoms with Crippen LogP contribution in [0.15, 0.2) is 51.4 Å². The van der Waals surface area contributed by atoms with Crippen molar-refractivity contribution in [2.75, 3.05) is 0 Å². The van der Waals surface area contributed by atoms with Gasteiger partial charge in [-0.2, -0.15) is 15.0 Å². The quantitative estimate of drug-likeness (QED) is 0.625. The molecule has 0 radical (unpaired) electrons. The monoisotopic (exact) mass is 305 g/mol. The fourth-order valence-electron chi connectivity index (χ4n) is 2.21. The van der Waals surface area contributed by atoms with Gasteiger partial charge in [0, 0.05) is 0 Å². The van der Waals surface area contributed by atoms with E-state index in [2.05, 4.69) is 15.0 Å². The molecule has 0 aliphatic carbocycles. The van der Waals surface area contributed by atoms with E-state index in [9.17, 15) is 14.4 Å². The van der Waals surface area contributed by atoms with E-state index in [1.54, 1.807) is 24.3 Å². The number of isocyanates is 3. The van der Waals surface area contributed by atoms with Gasteiger partial charge in [-0.05, 0) is 48.2 Å². The summed E-state index contributed by atoms with van der Waals surface area (Å²) in [5.74, 6) is 0. The summed E-state index contributed by atoms with van der Waals surface area (Å²) in [6, 6.07) is 10.3. The molecule has 6 nitrogen and oxygen atoms in total. The molecule has 0 spiro atoms. The molecule has 0 saturated heterocycles. The molecule has 0 aromatic heterocycles. The lowest BCUT2D eigenvalue weighted by atomic mass is 9.98. The van der Waals surface area contributed by atoms with Gasteiger partial charge in [0.15, 0.2) is 0 Å². The fraction of sp³-hybridized carbons (Fsp3) is 0.118. The Bertz CT molecular complexity index is 886. The van der Waals surface area contributed by atoms with Gasteiger partial charge in [0.2, 0.25) is 18.2 Å². The van der Waals surface area contributed by atoms with Gasteiger partial charge in [-0.1, -0.05) is 18.2 Å². The third kappa shape index (κ3) is 3.82. The van der Waals surface area contributed by atoms with Gasteiger partial charge < -0.3 is 0 Å². The first-order chi connectivity index (χ1) is 11.2. The summed E-state index contributed by atoms with van der Waals surface area (Å²) < 4.78 is 0. The van der Waals surface area contributed by atoms with E-state index < -0.39 is 0 Å². The Morgan fingerprint density at radius 1 is 0.826 bits per heavy atom. The van der Waals surface area contributed by atoms with Crippen LogP contribution in [0.1, 0.15) is 16.7 Å². The Morgan fingerprint density at radius 3 is 2.22 bits per heavy atom. The van der Waals surface area contributed by atoms with E-state index in [1.807, 2.05) is 13.0 Å². The molecule has 0 bridgehead atoms. The van der Waals surface area contributed by atoms with Crippen molar-refractivity contribution >= 4 is 35.3 Å². The Hall–Kier alpha value is -3.42. The second-order valence-electron chi connectivity index (χ2n) is 4.66.